The largest absolute Gasteiger partial charge is 0.386 e. The van der Waals surface area contributed by atoms with Gasteiger partial charge in [-0.1, -0.05) is 28.7 Å². The topological polar surface area (TPSA) is 57.2 Å². The summed E-state index contributed by atoms with van der Waals surface area (Å²) in [6.07, 6.45) is -0.600. The first-order valence-electron chi connectivity index (χ1n) is 6.77. The van der Waals surface area contributed by atoms with Crippen LogP contribution in [0.15, 0.2) is 12.7 Å². The fraction of sp³-hybridized carbons (Fsp3) is 0.857. The Hall–Kier alpha value is 0.270. The zero-order valence-electron chi connectivity index (χ0n) is 12.3. The second kappa shape index (κ2) is 5.81. The van der Waals surface area contributed by atoms with Crippen LogP contribution in [0.1, 0.15) is 27.7 Å². The Kier molecular flexibility index (Phi) is 4.83. The highest BCUT2D eigenvalue weighted by atomic mass is 127. The quantitative estimate of drug-likeness (QED) is 0.446. The number of rotatable bonds is 4. The lowest BCUT2D eigenvalue weighted by molar-refractivity contribution is -0.175. The average Bonchev–Trinajstić information content (AvgIpc) is 2.84. The molecule has 0 aromatic carbocycles. The molecule has 5 atom stereocenters. The van der Waals surface area contributed by atoms with E-state index in [0.717, 1.165) is 4.43 Å². The van der Waals surface area contributed by atoms with Crippen molar-refractivity contribution in [1.29, 1.82) is 0 Å². The van der Waals surface area contributed by atoms with Gasteiger partial charge in [-0.2, -0.15) is 0 Å². The van der Waals surface area contributed by atoms with Crippen LogP contribution >= 0.6 is 22.6 Å². The van der Waals surface area contributed by atoms with Gasteiger partial charge in [0.15, 0.2) is 11.6 Å². The highest BCUT2D eigenvalue weighted by Gasteiger charge is 2.54. The lowest BCUT2D eigenvalue weighted by atomic mass is 10.00. The molecule has 116 valence electrons. The zero-order valence-corrected chi connectivity index (χ0v) is 14.5. The second-order valence-corrected chi connectivity index (χ2v) is 6.96. The predicted molar refractivity (Wildman–Crippen MR) is 82.7 cm³/mol. The molecule has 0 aliphatic carbocycles. The molecule has 0 radical (unpaired) electrons. The highest BCUT2D eigenvalue weighted by Crippen LogP contribution is 2.39. The minimum absolute atomic E-state index is 0.0902. The molecule has 0 aromatic rings. The summed E-state index contributed by atoms with van der Waals surface area (Å²) in [5.74, 6) is -1.41. The van der Waals surface area contributed by atoms with Crippen molar-refractivity contribution in [2.45, 2.75) is 69.8 Å². The first-order chi connectivity index (χ1) is 9.19. The van der Waals surface area contributed by atoms with Gasteiger partial charge in [-0.15, -0.1) is 6.58 Å². The molecule has 0 bridgehead atoms. The molecular formula is C14H23IO5. The summed E-state index contributed by atoms with van der Waals surface area (Å²) in [5, 5.41) is 10.1. The predicted octanol–water partition coefficient (Wildman–Crippen LogP) is 2.01. The van der Waals surface area contributed by atoms with Crippen LogP contribution in [0.2, 0.25) is 0 Å². The Morgan fingerprint density at radius 3 is 2.20 bits per heavy atom. The van der Waals surface area contributed by atoms with Crippen LogP contribution in [0, 0.1) is 0 Å². The van der Waals surface area contributed by atoms with E-state index >= 15 is 0 Å². The van der Waals surface area contributed by atoms with Crippen molar-refractivity contribution >= 4 is 22.6 Å². The van der Waals surface area contributed by atoms with Crippen molar-refractivity contribution in [3.63, 3.8) is 0 Å². The van der Waals surface area contributed by atoms with E-state index in [1.165, 1.54) is 6.08 Å². The van der Waals surface area contributed by atoms with Gasteiger partial charge in [-0.3, -0.25) is 0 Å². The van der Waals surface area contributed by atoms with Crippen LogP contribution in [0.25, 0.3) is 0 Å². The fourth-order valence-electron chi connectivity index (χ4n) is 2.73. The third kappa shape index (κ3) is 3.36. The summed E-state index contributed by atoms with van der Waals surface area (Å²) in [5.41, 5.74) is 0. The van der Waals surface area contributed by atoms with Gasteiger partial charge >= 0.3 is 0 Å². The SMILES string of the molecule is C=C[C@@H](O)[C@@H]1OC(C)(C)O[C@H]1[C@@H]1OC(C)(C)O[C@@H]1CI. The van der Waals surface area contributed by atoms with Gasteiger partial charge in [0, 0.05) is 4.43 Å². The molecular weight excluding hydrogens is 375 g/mol. The van der Waals surface area contributed by atoms with Crippen molar-refractivity contribution in [1.82, 2.24) is 0 Å². The van der Waals surface area contributed by atoms with Crippen LogP contribution in [-0.2, 0) is 18.9 Å². The van der Waals surface area contributed by atoms with E-state index in [0.29, 0.717) is 0 Å². The number of aliphatic hydroxyl groups is 1. The van der Waals surface area contributed by atoms with Crippen molar-refractivity contribution in [3.8, 4) is 0 Å². The first-order valence-corrected chi connectivity index (χ1v) is 8.29. The number of hydrogen-bond donors (Lipinski definition) is 1. The van der Waals surface area contributed by atoms with Crippen LogP contribution in [0.4, 0.5) is 0 Å². The fourth-order valence-corrected chi connectivity index (χ4v) is 3.41. The van der Waals surface area contributed by atoms with E-state index in [1.807, 2.05) is 27.7 Å². The molecule has 2 fully saturated rings. The highest BCUT2D eigenvalue weighted by molar-refractivity contribution is 14.1. The van der Waals surface area contributed by atoms with Crippen LogP contribution < -0.4 is 0 Å². The van der Waals surface area contributed by atoms with Crippen molar-refractivity contribution in [3.05, 3.63) is 12.7 Å². The molecule has 5 nitrogen and oxygen atoms in total. The van der Waals surface area contributed by atoms with Crippen molar-refractivity contribution in [2.75, 3.05) is 4.43 Å². The average molecular weight is 398 g/mol. The maximum atomic E-state index is 10.1. The number of alkyl halides is 1. The van der Waals surface area contributed by atoms with E-state index in [4.69, 9.17) is 18.9 Å². The Labute approximate surface area is 133 Å². The van der Waals surface area contributed by atoms with Crippen molar-refractivity contribution < 1.29 is 24.1 Å². The molecule has 0 aromatic heterocycles. The number of hydrogen-bond acceptors (Lipinski definition) is 5. The van der Waals surface area contributed by atoms with Crippen LogP contribution in [0.5, 0.6) is 0 Å². The Morgan fingerprint density at radius 2 is 1.65 bits per heavy atom. The number of ether oxygens (including phenoxy) is 4. The van der Waals surface area contributed by atoms with Crippen molar-refractivity contribution in [2.24, 2.45) is 0 Å². The van der Waals surface area contributed by atoms with Gasteiger partial charge in [0.25, 0.3) is 0 Å². The third-order valence-electron chi connectivity index (χ3n) is 3.44. The molecule has 0 spiro atoms. The smallest absolute Gasteiger partial charge is 0.164 e. The normalized spacial score (nSPS) is 40.7. The molecule has 20 heavy (non-hydrogen) atoms. The molecule has 6 heteroatoms. The molecule has 2 saturated heterocycles. The second-order valence-electron chi connectivity index (χ2n) is 6.08. The Bertz CT molecular complexity index is 371. The van der Waals surface area contributed by atoms with E-state index in [1.54, 1.807) is 0 Å². The molecule has 0 saturated carbocycles. The van der Waals surface area contributed by atoms with E-state index in [2.05, 4.69) is 29.2 Å². The number of aliphatic hydroxyl groups excluding tert-OH is 1. The lowest BCUT2D eigenvalue weighted by Gasteiger charge is -2.26. The van der Waals surface area contributed by atoms with Crippen LogP contribution in [0.3, 0.4) is 0 Å². The Morgan fingerprint density at radius 1 is 1.10 bits per heavy atom. The molecule has 0 amide bonds. The number of halogens is 1. The summed E-state index contributed by atoms with van der Waals surface area (Å²) in [6, 6.07) is 0. The third-order valence-corrected chi connectivity index (χ3v) is 4.31. The van der Waals surface area contributed by atoms with Gasteiger partial charge < -0.3 is 24.1 Å². The summed E-state index contributed by atoms with van der Waals surface area (Å²) < 4.78 is 24.4. The molecule has 2 heterocycles. The van der Waals surface area contributed by atoms with Gasteiger partial charge in [-0.25, -0.2) is 0 Å². The van der Waals surface area contributed by atoms with Gasteiger partial charge in [0.05, 0.1) is 6.10 Å². The summed E-state index contributed by atoms with van der Waals surface area (Å²) in [4.78, 5) is 0. The first kappa shape index (κ1) is 16.6. The molecule has 2 aliphatic rings. The molecule has 2 aliphatic heterocycles. The molecule has 2 rings (SSSR count). The van der Waals surface area contributed by atoms with Gasteiger partial charge in [-0.05, 0) is 27.7 Å². The van der Waals surface area contributed by atoms with Gasteiger partial charge in [0.2, 0.25) is 0 Å². The maximum absolute atomic E-state index is 10.1. The Balaban J connectivity index is 2.22. The molecule has 0 unspecified atom stereocenters. The summed E-state index contributed by atoms with van der Waals surface area (Å²) >= 11 is 2.27. The minimum atomic E-state index is -0.802. The molecule has 1 N–H and O–H groups in total. The summed E-state index contributed by atoms with van der Waals surface area (Å²) in [6.45, 7) is 11.0. The van der Waals surface area contributed by atoms with Crippen LogP contribution in [-0.4, -0.2) is 51.6 Å². The summed E-state index contributed by atoms with van der Waals surface area (Å²) in [7, 11) is 0. The van der Waals surface area contributed by atoms with E-state index in [9.17, 15) is 5.11 Å². The van der Waals surface area contributed by atoms with E-state index in [-0.39, 0.29) is 18.3 Å². The van der Waals surface area contributed by atoms with E-state index < -0.39 is 23.8 Å². The standard InChI is InChI=1S/C14H23IO5/c1-6-8(16)10-12(20-14(4,5)18-10)11-9(7-15)17-13(2,3)19-11/h6,8-12,16H,1,7H2,2-5H3/t8-,9-,10+,11-,12-/m1/s1. The monoisotopic (exact) mass is 398 g/mol. The lowest BCUT2D eigenvalue weighted by Crippen LogP contribution is -2.46. The van der Waals surface area contributed by atoms with Gasteiger partial charge in [0.1, 0.15) is 24.4 Å². The maximum Gasteiger partial charge on any atom is 0.164 e. The minimum Gasteiger partial charge on any atom is -0.386 e. The zero-order chi connectivity index (χ0) is 15.1.